The first-order valence-corrected chi connectivity index (χ1v) is 6.30. The van der Waals surface area contributed by atoms with E-state index in [1.54, 1.807) is 0 Å². The van der Waals surface area contributed by atoms with Crippen molar-refractivity contribution in [3.05, 3.63) is 65.0 Å². The van der Waals surface area contributed by atoms with Gasteiger partial charge in [-0.25, -0.2) is 0 Å². The molecule has 18 heavy (non-hydrogen) atoms. The summed E-state index contributed by atoms with van der Waals surface area (Å²) >= 11 is 4.53. The van der Waals surface area contributed by atoms with E-state index in [9.17, 15) is 4.79 Å². The van der Waals surface area contributed by atoms with E-state index < -0.39 is 0 Å². The maximum absolute atomic E-state index is 12.2. The molecule has 90 valence electrons. The number of nitrogens with zero attached hydrogens (tertiary/aromatic N) is 1. The molecule has 1 aromatic carbocycles. The number of aromatic nitrogens is 1. The molecular weight excluding hydrogens is 242 g/mol. The number of allylic oxidation sites excluding steroid dienone is 1. The average Bonchev–Trinajstić information content (AvgIpc) is 2.93. The molecule has 0 saturated heterocycles. The van der Waals surface area contributed by atoms with E-state index in [-0.39, 0.29) is 5.78 Å². The topological polar surface area (TPSA) is 22.0 Å². The predicted molar refractivity (Wildman–Crippen MR) is 75.8 cm³/mol. The normalized spacial score (nSPS) is 16.9. The van der Waals surface area contributed by atoms with Gasteiger partial charge < -0.3 is 4.57 Å². The van der Waals surface area contributed by atoms with E-state index in [2.05, 4.69) is 12.6 Å². The largest absolute Gasteiger partial charge is 0.340 e. The highest BCUT2D eigenvalue weighted by Crippen LogP contribution is 2.30. The molecule has 0 amide bonds. The third kappa shape index (κ3) is 1.71. The molecule has 0 radical (unpaired) electrons. The summed E-state index contributed by atoms with van der Waals surface area (Å²) in [6.45, 7) is 2.66. The second-order valence-electron chi connectivity index (χ2n) is 4.54. The number of rotatable bonds is 1. The molecule has 0 aliphatic carbocycles. The number of aryl methyl sites for hydroxylation is 1. The van der Waals surface area contributed by atoms with E-state index >= 15 is 0 Å². The van der Waals surface area contributed by atoms with Gasteiger partial charge in [-0.05, 0) is 24.6 Å². The van der Waals surface area contributed by atoms with Crippen LogP contribution in [0.5, 0.6) is 0 Å². The zero-order valence-electron chi connectivity index (χ0n) is 10.1. The van der Waals surface area contributed by atoms with Crippen molar-refractivity contribution in [2.24, 2.45) is 0 Å². The van der Waals surface area contributed by atoms with Crippen molar-refractivity contribution in [3.8, 4) is 0 Å². The smallest absolute Gasteiger partial charge is 0.208 e. The van der Waals surface area contributed by atoms with Gasteiger partial charge in [-0.3, -0.25) is 4.79 Å². The Morgan fingerprint density at radius 2 is 1.94 bits per heavy atom. The van der Waals surface area contributed by atoms with Crippen LogP contribution in [0, 0.1) is 6.92 Å². The molecule has 1 aromatic heterocycles. The van der Waals surface area contributed by atoms with Gasteiger partial charge >= 0.3 is 0 Å². The maximum Gasteiger partial charge on any atom is 0.208 e. The lowest BCUT2D eigenvalue weighted by Crippen LogP contribution is -1.97. The van der Waals surface area contributed by atoms with E-state index in [1.807, 2.05) is 54.1 Å². The number of benzene rings is 1. The molecule has 0 atom stereocenters. The van der Waals surface area contributed by atoms with Gasteiger partial charge in [0.2, 0.25) is 5.78 Å². The zero-order chi connectivity index (χ0) is 12.7. The summed E-state index contributed by atoms with van der Waals surface area (Å²) in [6, 6.07) is 11.8. The summed E-state index contributed by atoms with van der Waals surface area (Å²) in [5.41, 5.74) is 3.73. The summed E-state index contributed by atoms with van der Waals surface area (Å²) in [5, 5.41) is 0. The first-order chi connectivity index (χ1) is 8.66. The summed E-state index contributed by atoms with van der Waals surface area (Å²) in [7, 11) is 0. The first-order valence-electron chi connectivity index (χ1n) is 5.86. The number of carbonyl (C=O) groups is 1. The molecule has 0 fully saturated rings. The first kappa shape index (κ1) is 11.4. The molecule has 0 saturated carbocycles. The Balaban J connectivity index is 2.04. The SMILES string of the molecule is Cc1ccc(C(S)=C2Cn3cccc3C2=O)cc1. The second-order valence-corrected chi connectivity index (χ2v) is 4.99. The Hall–Kier alpha value is -1.74. The molecule has 0 bridgehead atoms. The van der Waals surface area contributed by atoms with Crippen LogP contribution in [0.4, 0.5) is 0 Å². The van der Waals surface area contributed by atoms with Gasteiger partial charge in [0, 0.05) is 16.7 Å². The lowest BCUT2D eigenvalue weighted by molar-refractivity contribution is 0.103. The molecule has 0 unspecified atom stereocenters. The third-order valence-corrected chi connectivity index (χ3v) is 3.80. The highest BCUT2D eigenvalue weighted by atomic mass is 32.1. The second kappa shape index (κ2) is 4.18. The average molecular weight is 255 g/mol. The fourth-order valence-corrected chi connectivity index (χ4v) is 2.54. The van der Waals surface area contributed by atoms with Crippen molar-refractivity contribution in [2.45, 2.75) is 13.5 Å². The highest BCUT2D eigenvalue weighted by molar-refractivity contribution is 7.90. The molecule has 3 rings (SSSR count). The molecule has 2 nitrogen and oxygen atoms in total. The van der Waals surface area contributed by atoms with Gasteiger partial charge in [0.05, 0.1) is 12.2 Å². The minimum atomic E-state index is 0.0885. The van der Waals surface area contributed by atoms with Gasteiger partial charge in [0.15, 0.2) is 0 Å². The summed E-state index contributed by atoms with van der Waals surface area (Å²) in [6.07, 6.45) is 1.93. The van der Waals surface area contributed by atoms with Gasteiger partial charge in [0.25, 0.3) is 0 Å². The van der Waals surface area contributed by atoms with Crippen molar-refractivity contribution in [1.82, 2.24) is 4.57 Å². The third-order valence-electron chi connectivity index (χ3n) is 3.28. The van der Waals surface area contributed by atoms with Crippen LogP contribution in [0.1, 0.15) is 21.6 Å². The van der Waals surface area contributed by atoms with Crippen LogP contribution in [-0.4, -0.2) is 10.4 Å². The number of carbonyl (C=O) groups excluding carboxylic acids is 1. The standard InChI is InChI=1S/C15H13NOS/c1-10-4-6-11(7-5-10)15(18)12-9-16-8-2-3-13(16)14(12)17/h2-8,18H,9H2,1H3. The molecule has 3 heteroatoms. The lowest BCUT2D eigenvalue weighted by atomic mass is 10.1. The van der Waals surface area contributed by atoms with Crippen molar-refractivity contribution < 1.29 is 4.79 Å². The predicted octanol–water partition coefficient (Wildman–Crippen LogP) is 3.33. The quantitative estimate of drug-likeness (QED) is 0.612. The fourth-order valence-electron chi connectivity index (χ4n) is 2.22. The van der Waals surface area contributed by atoms with Gasteiger partial charge in [0.1, 0.15) is 0 Å². The van der Waals surface area contributed by atoms with E-state index in [0.29, 0.717) is 6.54 Å². The Bertz CT molecular complexity index is 649. The molecule has 0 spiro atoms. The molecular formula is C15H13NOS. The van der Waals surface area contributed by atoms with E-state index in [4.69, 9.17) is 0 Å². The molecule has 0 N–H and O–H groups in total. The fraction of sp³-hybridized carbons (Fsp3) is 0.133. The Kier molecular flexibility index (Phi) is 2.63. The molecule has 1 aliphatic rings. The summed E-state index contributed by atoms with van der Waals surface area (Å²) < 4.78 is 1.96. The van der Waals surface area contributed by atoms with E-state index in [0.717, 1.165) is 21.7 Å². The van der Waals surface area contributed by atoms with Crippen LogP contribution >= 0.6 is 12.6 Å². The van der Waals surface area contributed by atoms with Crippen molar-refractivity contribution in [2.75, 3.05) is 0 Å². The van der Waals surface area contributed by atoms with Crippen molar-refractivity contribution in [3.63, 3.8) is 0 Å². The van der Waals surface area contributed by atoms with Crippen LogP contribution in [0.25, 0.3) is 4.91 Å². The van der Waals surface area contributed by atoms with Gasteiger partial charge in [-0.15, -0.1) is 12.6 Å². The van der Waals surface area contributed by atoms with Crippen LogP contribution < -0.4 is 0 Å². The number of hydrogen-bond acceptors (Lipinski definition) is 2. The van der Waals surface area contributed by atoms with E-state index in [1.165, 1.54) is 5.56 Å². The maximum atomic E-state index is 12.2. The Morgan fingerprint density at radius 3 is 2.61 bits per heavy atom. The van der Waals surface area contributed by atoms with Crippen molar-refractivity contribution in [1.29, 1.82) is 0 Å². The molecule has 1 aliphatic heterocycles. The van der Waals surface area contributed by atoms with Gasteiger partial charge in [-0.1, -0.05) is 29.8 Å². The minimum Gasteiger partial charge on any atom is -0.340 e. The van der Waals surface area contributed by atoms with Crippen LogP contribution in [0.15, 0.2) is 48.2 Å². The van der Waals surface area contributed by atoms with Crippen LogP contribution in [0.2, 0.25) is 0 Å². The lowest BCUT2D eigenvalue weighted by Gasteiger charge is -2.05. The minimum absolute atomic E-state index is 0.0885. The number of Topliss-reactive ketones (excluding diaryl/α,β-unsaturated/α-hetero) is 1. The Labute approximate surface area is 111 Å². The molecule has 2 heterocycles. The number of fused-ring (bicyclic) bond motifs is 1. The zero-order valence-corrected chi connectivity index (χ0v) is 10.9. The monoisotopic (exact) mass is 255 g/mol. The number of hydrogen-bond donors (Lipinski definition) is 1. The molecule has 2 aromatic rings. The van der Waals surface area contributed by atoms with Crippen LogP contribution in [0.3, 0.4) is 0 Å². The van der Waals surface area contributed by atoms with Crippen molar-refractivity contribution >= 4 is 23.3 Å². The summed E-state index contributed by atoms with van der Waals surface area (Å²) in [5.74, 6) is 0.0885. The number of ketones is 1. The Morgan fingerprint density at radius 1 is 1.22 bits per heavy atom. The highest BCUT2D eigenvalue weighted by Gasteiger charge is 2.26. The van der Waals surface area contributed by atoms with Gasteiger partial charge in [-0.2, -0.15) is 0 Å². The summed E-state index contributed by atoms with van der Waals surface area (Å²) in [4.78, 5) is 13.0. The number of thiol groups is 1. The van der Waals surface area contributed by atoms with Crippen LogP contribution in [-0.2, 0) is 6.54 Å².